The van der Waals surface area contributed by atoms with E-state index in [2.05, 4.69) is 55.1 Å². The van der Waals surface area contributed by atoms with Gasteiger partial charge < -0.3 is 36.4 Å². The van der Waals surface area contributed by atoms with Crippen molar-refractivity contribution in [2.45, 2.75) is 135 Å². The highest BCUT2D eigenvalue weighted by atomic mass is 127. The van der Waals surface area contributed by atoms with Crippen LogP contribution in [0.5, 0.6) is 0 Å². The van der Waals surface area contributed by atoms with Gasteiger partial charge in [0.15, 0.2) is 0 Å². The number of nitrogens with one attached hydrogen (secondary N) is 5. The molecular weight excluding hydrogens is 865 g/mol. The van der Waals surface area contributed by atoms with Gasteiger partial charge in [-0.2, -0.15) is 0 Å². The zero-order valence-corrected chi connectivity index (χ0v) is 37.1. The second-order valence-corrected chi connectivity index (χ2v) is 17.2. The van der Waals surface area contributed by atoms with Crippen molar-refractivity contribution in [3.05, 3.63) is 32.4 Å². The first-order valence-corrected chi connectivity index (χ1v) is 21.3. The number of hydrogen-bond acceptors (Lipinski definition) is 7. The average molecular weight is 924 g/mol. The van der Waals surface area contributed by atoms with Gasteiger partial charge in [-0.15, -0.1) is 6.42 Å². The molecule has 0 spiro atoms. The molecule has 7 amide bonds. The van der Waals surface area contributed by atoms with Crippen LogP contribution in [0.3, 0.4) is 0 Å². The molecule has 2 fully saturated rings. The summed E-state index contributed by atoms with van der Waals surface area (Å²) in [6, 6.07) is -0.742. The lowest BCUT2D eigenvalue weighted by Gasteiger charge is -2.35. The van der Waals surface area contributed by atoms with E-state index in [9.17, 15) is 33.6 Å². The number of carbonyl (C=O) groups is 7. The summed E-state index contributed by atoms with van der Waals surface area (Å²) in [7, 11) is 2.97. The Bertz CT molecular complexity index is 1700. The molecule has 3 rings (SSSR count). The number of hydrogen-bond donors (Lipinski definition) is 5. The standard InChI is InChI=1S/C41H59ClIN7O7/c1-9-14-30-34(51)44-20-13-12-15-32(49(7)38(55)25(6)45-35(52)29(10-2)48-40(57)41(11-3)18-19-41)36(53)47-31(21-24(4)5)39(56)50(8)33(37(54)46-30)23-26-22-27(42)16-17-28(26)43/h3,16-17,22,24-25,29-33H,9-10,12-15,18-21,23H2,1-2,4-8H3,(H,44,51)(H,45,52)(H,46,54)(H,47,53)(H,48,57)/t25-,29-,30+,31-,32-,33-/m0/s1. The van der Waals surface area contributed by atoms with Gasteiger partial charge in [0.25, 0.3) is 0 Å². The van der Waals surface area contributed by atoms with Crippen LogP contribution in [-0.2, 0) is 40.0 Å². The highest BCUT2D eigenvalue weighted by Gasteiger charge is 2.49. The minimum Gasteiger partial charge on any atom is -0.354 e. The van der Waals surface area contributed by atoms with Crippen LogP contribution in [0.25, 0.3) is 0 Å². The highest BCUT2D eigenvalue weighted by Crippen LogP contribution is 2.45. The predicted octanol–water partition coefficient (Wildman–Crippen LogP) is 3.07. The molecule has 5 N–H and O–H groups in total. The summed E-state index contributed by atoms with van der Waals surface area (Å²) in [5, 5.41) is 14.5. The van der Waals surface area contributed by atoms with Crippen molar-refractivity contribution in [3.8, 4) is 12.3 Å². The van der Waals surface area contributed by atoms with Gasteiger partial charge in [-0.3, -0.25) is 33.6 Å². The fraction of sp³-hybridized carbons (Fsp3) is 0.634. The van der Waals surface area contributed by atoms with Gasteiger partial charge in [0.2, 0.25) is 41.4 Å². The van der Waals surface area contributed by atoms with E-state index in [0.29, 0.717) is 43.5 Å². The van der Waals surface area contributed by atoms with Crippen LogP contribution >= 0.6 is 34.2 Å². The smallest absolute Gasteiger partial charge is 0.245 e. The number of halogens is 2. The van der Waals surface area contributed by atoms with Gasteiger partial charge in [-0.05, 0) is 111 Å². The lowest BCUT2D eigenvalue weighted by molar-refractivity contribution is -0.145. The second-order valence-electron chi connectivity index (χ2n) is 15.6. The minimum absolute atomic E-state index is 0.0486. The molecule has 14 nitrogen and oxygen atoms in total. The summed E-state index contributed by atoms with van der Waals surface area (Å²) in [5.74, 6) is -1.05. The van der Waals surface area contributed by atoms with Crippen LogP contribution in [0.2, 0.25) is 5.02 Å². The highest BCUT2D eigenvalue weighted by molar-refractivity contribution is 14.1. The molecule has 1 aliphatic heterocycles. The van der Waals surface area contributed by atoms with E-state index in [4.69, 9.17) is 18.0 Å². The Labute approximate surface area is 355 Å². The van der Waals surface area contributed by atoms with Crippen molar-refractivity contribution < 1.29 is 33.6 Å². The molecule has 1 saturated heterocycles. The topological polar surface area (TPSA) is 186 Å². The molecule has 1 aromatic carbocycles. The lowest BCUT2D eigenvalue weighted by Crippen LogP contribution is -2.60. The summed E-state index contributed by atoms with van der Waals surface area (Å²) in [4.78, 5) is 98.6. The predicted molar refractivity (Wildman–Crippen MR) is 226 cm³/mol. The van der Waals surface area contributed by atoms with Crippen LogP contribution < -0.4 is 26.6 Å². The van der Waals surface area contributed by atoms with Crippen LogP contribution in [0.4, 0.5) is 0 Å². The van der Waals surface area contributed by atoms with E-state index in [1.807, 2.05) is 26.8 Å². The Hall–Kier alpha value is -3.91. The van der Waals surface area contributed by atoms with Gasteiger partial charge in [-0.1, -0.05) is 51.6 Å². The Morgan fingerprint density at radius 2 is 1.70 bits per heavy atom. The first-order valence-electron chi connectivity index (χ1n) is 19.8. The largest absolute Gasteiger partial charge is 0.354 e. The van der Waals surface area contributed by atoms with Crippen LogP contribution in [0, 0.1) is 27.2 Å². The summed E-state index contributed by atoms with van der Waals surface area (Å²) in [6.45, 7) is 9.21. The molecule has 16 heteroatoms. The summed E-state index contributed by atoms with van der Waals surface area (Å²) < 4.78 is 0.833. The van der Waals surface area contributed by atoms with Gasteiger partial charge in [0, 0.05) is 35.7 Å². The van der Waals surface area contributed by atoms with Crippen LogP contribution in [0.15, 0.2) is 18.2 Å². The Kier molecular flexibility index (Phi) is 18.1. The molecule has 1 saturated carbocycles. The first kappa shape index (κ1) is 47.5. The molecule has 1 aliphatic carbocycles. The molecule has 0 aromatic heterocycles. The normalized spacial score (nSPS) is 22.9. The zero-order valence-electron chi connectivity index (χ0n) is 34.1. The van der Waals surface area contributed by atoms with Crippen LogP contribution in [-0.4, -0.2) is 108 Å². The maximum atomic E-state index is 14.4. The molecular formula is C41H59ClIN7O7. The van der Waals surface area contributed by atoms with Crippen LogP contribution in [0.1, 0.15) is 98.0 Å². The third-order valence-electron chi connectivity index (χ3n) is 10.6. The first-order chi connectivity index (χ1) is 26.9. The summed E-state index contributed by atoms with van der Waals surface area (Å²) in [5.41, 5.74) is -0.176. The number of carbonyl (C=O) groups excluding carboxylic acids is 7. The minimum atomic E-state index is -1.08. The van der Waals surface area contributed by atoms with Gasteiger partial charge >= 0.3 is 0 Å². The number of terminal acetylenes is 1. The Morgan fingerprint density at radius 3 is 2.30 bits per heavy atom. The molecule has 1 aromatic rings. The van der Waals surface area contributed by atoms with E-state index < -0.39 is 77.1 Å². The SMILES string of the molecule is C#CC1(C(=O)N[C@@H](CC)C(=O)N[C@@H](C)C(=O)N(C)[C@H]2CCCCNC(=O)[C@@H](CCC)NC(=O)[C@H](Cc3cc(Cl)ccc3I)N(C)C(=O)[C@H](CC(C)C)NC2=O)CC1. The zero-order chi connectivity index (χ0) is 42.6. The van der Waals surface area contributed by atoms with E-state index in [1.54, 1.807) is 19.1 Å². The molecule has 0 bridgehead atoms. The maximum absolute atomic E-state index is 14.4. The summed E-state index contributed by atoms with van der Waals surface area (Å²) in [6.07, 6.45) is 9.29. The maximum Gasteiger partial charge on any atom is 0.245 e. The van der Waals surface area contributed by atoms with Crippen molar-refractivity contribution in [2.75, 3.05) is 20.6 Å². The van der Waals surface area contributed by atoms with Crippen molar-refractivity contribution >= 4 is 75.5 Å². The van der Waals surface area contributed by atoms with Crippen molar-refractivity contribution in [3.63, 3.8) is 0 Å². The fourth-order valence-electron chi connectivity index (χ4n) is 6.84. The third-order valence-corrected chi connectivity index (χ3v) is 11.9. The monoisotopic (exact) mass is 923 g/mol. The van der Waals surface area contributed by atoms with Gasteiger partial charge in [0.05, 0.1) is 0 Å². The molecule has 0 radical (unpaired) electrons. The number of amides is 7. The van der Waals surface area contributed by atoms with Gasteiger partial charge in [0.1, 0.15) is 41.7 Å². The average Bonchev–Trinajstić information content (AvgIpc) is 3.97. The van der Waals surface area contributed by atoms with Crippen molar-refractivity contribution in [1.82, 2.24) is 36.4 Å². The number of likely N-dealkylation sites (N-methyl/N-ethyl adjacent to an activating group) is 2. The van der Waals surface area contributed by atoms with Crippen molar-refractivity contribution in [1.29, 1.82) is 0 Å². The van der Waals surface area contributed by atoms with Gasteiger partial charge in [-0.25, -0.2) is 0 Å². The molecule has 2 aliphatic rings. The molecule has 1 heterocycles. The molecule has 6 atom stereocenters. The summed E-state index contributed by atoms with van der Waals surface area (Å²) >= 11 is 8.48. The third kappa shape index (κ3) is 13.0. The van der Waals surface area contributed by atoms with E-state index in [0.717, 1.165) is 9.13 Å². The van der Waals surface area contributed by atoms with Crippen molar-refractivity contribution in [2.24, 2.45) is 11.3 Å². The number of benzene rings is 1. The fourth-order valence-corrected chi connectivity index (χ4v) is 7.59. The quantitative estimate of drug-likeness (QED) is 0.149. The van der Waals surface area contributed by atoms with E-state index in [1.165, 1.54) is 30.8 Å². The Balaban J connectivity index is 1.93. The molecule has 314 valence electrons. The lowest BCUT2D eigenvalue weighted by atomic mass is 9.98. The van der Waals surface area contributed by atoms with E-state index >= 15 is 0 Å². The number of rotatable bonds is 13. The Morgan fingerprint density at radius 1 is 1.04 bits per heavy atom. The molecule has 57 heavy (non-hydrogen) atoms. The number of nitrogens with zero attached hydrogens (tertiary/aromatic N) is 2. The molecule has 0 unspecified atom stereocenters. The second kappa shape index (κ2) is 21.7. The van der Waals surface area contributed by atoms with E-state index in [-0.39, 0.29) is 44.1 Å².